The van der Waals surface area contributed by atoms with E-state index in [4.69, 9.17) is 10.5 Å². The van der Waals surface area contributed by atoms with E-state index in [1.54, 1.807) is 24.3 Å². The second-order valence-electron chi connectivity index (χ2n) is 3.79. The minimum Gasteiger partial charge on any atom is -0.497 e. The zero-order chi connectivity index (χ0) is 13.1. The van der Waals surface area contributed by atoms with E-state index in [0.29, 0.717) is 11.3 Å². The second kappa shape index (κ2) is 4.87. The van der Waals surface area contributed by atoms with Crippen LogP contribution < -0.4 is 10.5 Å². The topological polar surface area (TPSA) is 52.3 Å². The molecule has 4 heteroatoms. The van der Waals surface area contributed by atoms with E-state index < -0.39 is 5.82 Å². The molecule has 0 saturated carbocycles. The maximum absolute atomic E-state index is 13.1. The summed E-state index contributed by atoms with van der Waals surface area (Å²) >= 11 is 0. The van der Waals surface area contributed by atoms with Gasteiger partial charge in [-0.05, 0) is 30.3 Å². The number of rotatable bonds is 3. The summed E-state index contributed by atoms with van der Waals surface area (Å²) in [5.41, 5.74) is 6.50. The zero-order valence-electron chi connectivity index (χ0n) is 9.81. The Morgan fingerprint density at radius 2 is 2.00 bits per heavy atom. The molecule has 92 valence electrons. The van der Waals surface area contributed by atoms with Crippen LogP contribution in [0.3, 0.4) is 0 Å². The number of nitrogen functional groups attached to an aromatic ring is 1. The van der Waals surface area contributed by atoms with E-state index in [2.05, 4.69) is 0 Å². The van der Waals surface area contributed by atoms with Crippen LogP contribution in [0.25, 0.3) is 0 Å². The van der Waals surface area contributed by atoms with Gasteiger partial charge in [0, 0.05) is 16.8 Å². The first-order valence-electron chi connectivity index (χ1n) is 5.35. The average molecular weight is 245 g/mol. The van der Waals surface area contributed by atoms with E-state index in [0.717, 1.165) is 6.07 Å². The number of nitrogens with two attached hydrogens (primary N) is 1. The quantitative estimate of drug-likeness (QED) is 0.668. The van der Waals surface area contributed by atoms with Gasteiger partial charge in [0.15, 0.2) is 5.78 Å². The lowest BCUT2D eigenvalue weighted by Crippen LogP contribution is -2.06. The van der Waals surface area contributed by atoms with Gasteiger partial charge in [0.05, 0.1) is 7.11 Å². The molecule has 2 aromatic carbocycles. The van der Waals surface area contributed by atoms with Crippen molar-refractivity contribution < 1.29 is 13.9 Å². The predicted molar refractivity (Wildman–Crippen MR) is 67.2 cm³/mol. The Balaban J connectivity index is 2.44. The minimum absolute atomic E-state index is 0.156. The molecule has 0 atom stereocenters. The Kier molecular flexibility index (Phi) is 3.28. The van der Waals surface area contributed by atoms with Crippen LogP contribution in [0.1, 0.15) is 15.9 Å². The number of hydrogen-bond acceptors (Lipinski definition) is 3. The van der Waals surface area contributed by atoms with Gasteiger partial charge in [-0.3, -0.25) is 4.79 Å². The summed E-state index contributed by atoms with van der Waals surface area (Å²) in [4.78, 5) is 12.2. The van der Waals surface area contributed by atoms with Crippen molar-refractivity contribution in [2.75, 3.05) is 12.8 Å². The Morgan fingerprint density at radius 1 is 1.22 bits per heavy atom. The summed E-state index contributed by atoms with van der Waals surface area (Å²) in [7, 11) is 1.51. The fraction of sp³-hybridized carbons (Fsp3) is 0.0714. The first-order valence-corrected chi connectivity index (χ1v) is 5.35. The standard InChI is InChI=1S/C14H12FNO2/c1-18-11-4-2-3-9(7-11)14(17)12-8-10(15)5-6-13(12)16/h2-8H,16H2,1H3. The highest BCUT2D eigenvalue weighted by atomic mass is 19.1. The van der Waals surface area contributed by atoms with Gasteiger partial charge in [0.1, 0.15) is 11.6 Å². The Morgan fingerprint density at radius 3 is 2.72 bits per heavy atom. The van der Waals surface area contributed by atoms with Crippen molar-refractivity contribution in [3.63, 3.8) is 0 Å². The highest BCUT2D eigenvalue weighted by Crippen LogP contribution is 2.20. The van der Waals surface area contributed by atoms with Gasteiger partial charge in [0.2, 0.25) is 0 Å². The van der Waals surface area contributed by atoms with Crippen LogP contribution in [0.5, 0.6) is 5.75 Å². The monoisotopic (exact) mass is 245 g/mol. The van der Waals surface area contributed by atoms with Crippen molar-refractivity contribution in [3.05, 3.63) is 59.4 Å². The summed E-state index contributed by atoms with van der Waals surface area (Å²) in [6, 6.07) is 10.4. The molecule has 3 nitrogen and oxygen atoms in total. The van der Waals surface area contributed by atoms with Crippen molar-refractivity contribution in [2.45, 2.75) is 0 Å². The number of halogens is 1. The maximum atomic E-state index is 13.1. The molecule has 0 aliphatic carbocycles. The number of carbonyl (C=O) groups excluding carboxylic acids is 1. The Hall–Kier alpha value is -2.36. The number of ketones is 1. The van der Waals surface area contributed by atoms with E-state index in [1.807, 2.05) is 0 Å². The van der Waals surface area contributed by atoms with Crippen molar-refractivity contribution >= 4 is 11.5 Å². The first-order chi connectivity index (χ1) is 8.61. The maximum Gasteiger partial charge on any atom is 0.195 e. The van der Waals surface area contributed by atoms with Crippen molar-refractivity contribution in [1.29, 1.82) is 0 Å². The number of carbonyl (C=O) groups is 1. The van der Waals surface area contributed by atoms with Crippen LogP contribution in [0.2, 0.25) is 0 Å². The third-order valence-corrected chi connectivity index (χ3v) is 2.59. The van der Waals surface area contributed by atoms with Gasteiger partial charge in [0.25, 0.3) is 0 Å². The molecule has 0 fully saturated rings. The van der Waals surface area contributed by atoms with Gasteiger partial charge in [-0.2, -0.15) is 0 Å². The molecule has 0 unspecified atom stereocenters. The highest BCUT2D eigenvalue weighted by molar-refractivity contribution is 6.12. The molecule has 0 aliphatic heterocycles. The molecule has 0 aliphatic rings. The summed E-state index contributed by atoms with van der Waals surface area (Å²) in [6.45, 7) is 0. The number of methoxy groups -OCH3 is 1. The van der Waals surface area contributed by atoms with Gasteiger partial charge in [-0.25, -0.2) is 4.39 Å². The van der Waals surface area contributed by atoms with Crippen LogP contribution in [0.4, 0.5) is 10.1 Å². The lowest BCUT2D eigenvalue weighted by Gasteiger charge is -2.06. The Bertz CT molecular complexity index is 596. The van der Waals surface area contributed by atoms with Gasteiger partial charge < -0.3 is 10.5 Å². The van der Waals surface area contributed by atoms with Crippen LogP contribution in [0.15, 0.2) is 42.5 Å². The molecule has 0 amide bonds. The predicted octanol–water partition coefficient (Wildman–Crippen LogP) is 2.65. The molecule has 0 spiro atoms. The molecule has 2 N–H and O–H groups in total. The molecular formula is C14H12FNO2. The second-order valence-corrected chi connectivity index (χ2v) is 3.79. The molecule has 0 bridgehead atoms. The van der Waals surface area contributed by atoms with Crippen molar-refractivity contribution in [3.8, 4) is 5.75 Å². The summed E-state index contributed by atoms with van der Waals surface area (Å²) in [5, 5.41) is 0. The number of anilines is 1. The molecule has 0 radical (unpaired) electrons. The van der Waals surface area contributed by atoms with E-state index in [-0.39, 0.29) is 17.0 Å². The highest BCUT2D eigenvalue weighted by Gasteiger charge is 2.13. The van der Waals surface area contributed by atoms with Crippen LogP contribution >= 0.6 is 0 Å². The lowest BCUT2D eigenvalue weighted by atomic mass is 10.0. The fourth-order valence-corrected chi connectivity index (χ4v) is 1.64. The molecule has 2 rings (SSSR count). The third-order valence-electron chi connectivity index (χ3n) is 2.59. The van der Waals surface area contributed by atoms with E-state index in [9.17, 15) is 9.18 Å². The molecule has 0 heterocycles. The SMILES string of the molecule is COc1cccc(C(=O)c2cc(F)ccc2N)c1. The summed E-state index contributed by atoms with van der Waals surface area (Å²) in [6.07, 6.45) is 0. The zero-order valence-corrected chi connectivity index (χ0v) is 9.81. The summed E-state index contributed by atoms with van der Waals surface area (Å²) in [5.74, 6) is -0.253. The molecule has 18 heavy (non-hydrogen) atoms. The van der Waals surface area contributed by atoms with Crippen LogP contribution in [-0.4, -0.2) is 12.9 Å². The first kappa shape index (κ1) is 12.1. The lowest BCUT2D eigenvalue weighted by molar-refractivity contribution is 0.103. The summed E-state index contributed by atoms with van der Waals surface area (Å²) < 4.78 is 18.2. The third kappa shape index (κ3) is 2.32. The molecule has 0 saturated heterocycles. The van der Waals surface area contributed by atoms with Crippen LogP contribution in [-0.2, 0) is 0 Å². The van der Waals surface area contributed by atoms with Crippen molar-refractivity contribution in [1.82, 2.24) is 0 Å². The number of ether oxygens (including phenoxy) is 1. The number of hydrogen-bond donors (Lipinski definition) is 1. The van der Waals surface area contributed by atoms with E-state index in [1.165, 1.54) is 19.2 Å². The van der Waals surface area contributed by atoms with Gasteiger partial charge >= 0.3 is 0 Å². The van der Waals surface area contributed by atoms with E-state index >= 15 is 0 Å². The average Bonchev–Trinajstić information content (AvgIpc) is 2.41. The molecule has 0 aromatic heterocycles. The molecular weight excluding hydrogens is 233 g/mol. The minimum atomic E-state index is -0.490. The fourth-order valence-electron chi connectivity index (χ4n) is 1.64. The largest absolute Gasteiger partial charge is 0.497 e. The number of benzene rings is 2. The van der Waals surface area contributed by atoms with Crippen molar-refractivity contribution in [2.24, 2.45) is 0 Å². The normalized spacial score (nSPS) is 10.1. The smallest absolute Gasteiger partial charge is 0.195 e. The van der Waals surface area contributed by atoms with Gasteiger partial charge in [-0.15, -0.1) is 0 Å². The molecule has 2 aromatic rings. The van der Waals surface area contributed by atoms with Crippen LogP contribution in [0, 0.1) is 5.82 Å². The van der Waals surface area contributed by atoms with Gasteiger partial charge in [-0.1, -0.05) is 12.1 Å². The Labute approximate surface area is 104 Å².